The molecule has 0 unspecified atom stereocenters. The number of aryl methyl sites for hydroxylation is 3. The molecule has 0 spiro atoms. The minimum atomic E-state index is -2.00. The van der Waals surface area contributed by atoms with Crippen molar-refractivity contribution in [3.63, 3.8) is 0 Å². The third-order valence-electron chi connectivity index (χ3n) is 26.9. The molecule has 1 aliphatic heterocycles. The van der Waals surface area contributed by atoms with E-state index in [0.29, 0.717) is 42.6 Å². The summed E-state index contributed by atoms with van der Waals surface area (Å²) in [5.41, 5.74) is 13.6. The fourth-order valence-corrected chi connectivity index (χ4v) is 19.4. The molecule has 2 saturated carbocycles. The zero-order chi connectivity index (χ0) is 96.2. The van der Waals surface area contributed by atoms with Crippen molar-refractivity contribution in [2.75, 3.05) is 95.9 Å². The number of imide groups is 1. The van der Waals surface area contributed by atoms with Crippen LogP contribution < -0.4 is 58.5 Å². The lowest BCUT2D eigenvalue weighted by atomic mass is 9.49. The number of benzene rings is 5. The van der Waals surface area contributed by atoms with E-state index < -0.39 is 151 Å². The number of hydrogen-bond donors (Lipinski definition) is 16. The van der Waals surface area contributed by atoms with Crippen molar-refractivity contribution >= 4 is 82.4 Å². The van der Waals surface area contributed by atoms with Crippen LogP contribution >= 0.6 is 0 Å². The molecule has 4 aliphatic carbocycles. The summed E-state index contributed by atoms with van der Waals surface area (Å²) >= 11 is 0. The molecule has 34 nitrogen and oxygen atoms in total. The zero-order valence-electron chi connectivity index (χ0n) is 77.2. The van der Waals surface area contributed by atoms with Crippen LogP contribution in [0.2, 0.25) is 0 Å². The Morgan fingerprint density at radius 3 is 1.73 bits per heavy atom. The van der Waals surface area contributed by atoms with Crippen LogP contribution in [0.5, 0.6) is 0 Å². The first-order chi connectivity index (χ1) is 63.6. The van der Waals surface area contributed by atoms with E-state index in [9.17, 15) is 88.2 Å². The Labute approximate surface area is 776 Å². The molecule has 5 aromatic rings. The van der Waals surface area contributed by atoms with Crippen LogP contribution in [0.4, 0.5) is 21.0 Å². The molecule has 5 aromatic carbocycles. The summed E-state index contributed by atoms with van der Waals surface area (Å²) in [6.45, 7) is 12.9. The number of alkyl carbamates (subject to hydrolysis) is 1. The van der Waals surface area contributed by atoms with E-state index in [1.807, 2.05) is 73.7 Å². The Kier molecular flexibility index (Phi) is 38.5. The fraction of sp³-hybridized carbons (Fsp3) is 0.556. The maximum atomic E-state index is 14.9. The standard InChI is InChI=1S/C99H133N11O23/c1-61(2)86(108-90(123)74(32-35-83(117)103-56-78(114)87(120)88(121)79(115)59-112)105-84(118)38-45-129-47-49-131-51-52-132-50-48-130-46-44-101-82(116)36-37-85(119)110-57-69-17-9-8-15-65(69)26-27-68-16-10-11-19-76(68)110)91(124)106-73(18-12-43-102-94(100)127)89(122)104-70-30-22-63(23-31-70)60-133-95(128)107-75(58-111)77(113)55-64-21-25-67-29-34-81-97(5,72(67)54-64)40-14-42-99(81,7)93(126)109-92(125)98(6)41-13-39-96(4)71-53-62(3)20-24-66(71)28-33-80(96)98/h8-11,15-17,19-25,30-31,53-54,61,73-75,78-81,86-88,111-112,114-115,120-121H,12-14,18,28-29,32-52,55-60H2,1-7H3,(H,101,116)(H,103,117)(H,104,122)(H,105,118)(H,106,124)(H,107,128)(H,108,123)(H3,100,102,127)(H,109,125,126)/t73-,74+,75-,78-,79+,80+,81+,86-,87+,88+,96+,97+,98-,99-/m0/s1. The van der Waals surface area contributed by atoms with Crippen molar-refractivity contribution in [1.29, 1.82) is 0 Å². The monoisotopic (exact) mass is 1840 g/mol. The van der Waals surface area contributed by atoms with Gasteiger partial charge in [-0.1, -0.05) is 151 Å². The Balaban J connectivity index is 0.656. The first-order valence-corrected chi connectivity index (χ1v) is 46.2. The lowest BCUT2D eigenvalue weighted by Gasteiger charge is -2.56. The number of aliphatic hydroxyl groups excluding tert-OH is 6. The number of rotatable bonds is 48. The molecule has 1 heterocycles. The van der Waals surface area contributed by atoms with E-state index in [4.69, 9.17) is 29.4 Å². The maximum absolute atomic E-state index is 14.9. The highest BCUT2D eigenvalue weighted by Gasteiger charge is 2.59. The highest BCUT2D eigenvalue weighted by Crippen LogP contribution is 2.60. The van der Waals surface area contributed by atoms with Gasteiger partial charge in [0.1, 0.15) is 49.1 Å². The van der Waals surface area contributed by atoms with Crippen LogP contribution in [0, 0.1) is 47.3 Å². The summed E-state index contributed by atoms with van der Waals surface area (Å²) in [6, 6.07) is 27.3. The number of fused-ring (bicyclic) bond motifs is 8. The number of para-hydroxylation sites is 1. The largest absolute Gasteiger partial charge is 0.445 e. The van der Waals surface area contributed by atoms with Crippen molar-refractivity contribution in [3.8, 4) is 11.8 Å². The summed E-state index contributed by atoms with van der Waals surface area (Å²) in [6.07, 6.45) is -1.96. The quantitative estimate of drug-likeness (QED) is 0.0140. The molecule has 722 valence electrons. The van der Waals surface area contributed by atoms with Gasteiger partial charge in [-0.2, -0.15) is 0 Å². The zero-order valence-corrected chi connectivity index (χ0v) is 77.2. The maximum Gasteiger partial charge on any atom is 0.408 e. The third-order valence-corrected chi connectivity index (χ3v) is 26.9. The Morgan fingerprint density at radius 1 is 0.526 bits per heavy atom. The number of anilines is 2. The second-order valence-electron chi connectivity index (χ2n) is 36.7. The molecule has 0 radical (unpaired) electrons. The van der Waals surface area contributed by atoms with Gasteiger partial charge in [0.2, 0.25) is 53.2 Å². The van der Waals surface area contributed by atoms with Crippen molar-refractivity contribution in [2.45, 2.75) is 237 Å². The minimum Gasteiger partial charge on any atom is -0.445 e. The SMILES string of the molecule is Cc1ccc2c(c1)[C@@]1(C)CCC[C@](C)(C(=O)NC(=O)[C@@]3(C)CCC[C@]4(C)c5cc(CC(=O)[C@H](CO)NC(=O)OCc6ccc(NC(=O)[C@H](CCCNC(N)=O)NC(=O)[C@@H](NC(=O)[C@@H](CCC(=O)NC[C@H](O)[C@@H](O)[C@H](O)[C@H](O)CO)NC(=O)CCOCCOCCOCCOCCNC(=O)CCC(=O)N7Cc8ccccc8C#Cc8ccccc87)C(C)C)cc6)ccc5CC[C@@H]34)[C@@H]1CC2. The predicted molar refractivity (Wildman–Crippen MR) is 492 cm³/mol. The lowest BCUT2D eigenvalue weighted by molar-refractivity contribution is -0.150. The normalized spacial score (nSPS) is 21.0. The minimum absolute atomic E-state index is 0.00212. The van der Waals surface area contributed by atoms with Gasteiger partial charge >= 0.3 is 12.1 Å². The van der Waals surface area contributed by atoms with Gasteiger partial charge in [0.05, 0.1) is 95.2 Å². The molecule has 133 heavy (non-hydrogen) atoms. The van der Waals surface area contributed by atoms with Gasteiger partial charge in [0, 0.05) is 68.6 Å². The van der Waals surface area contributed by atoms with E-state index in [1.165, 1.54) is 28.8 Å². The molecule has 17 N–H and O–H groups in total. The Bertz CT molecular complexity index is 4960. The lowest BCUT2D eigenvalue weighted by Crippen LogP contribution is -2.60. The second-order valence-corrected chi connectivity index (χ2v) is 36.7. The number of aliphatic hydroxyl groups is 6. The van der Waals surface area contributed by atoms with Crippen molar-refractivity contribution in [3.05, 3.63) is 165 Å². The van der Waals surface area contributed by atoms with E-state index in [1.54, 1.807) is 30.9 Å². The smallest absolute Gasteiger partial charge is 0.408 e. The number of ketones is 1. The number of primary amides is 1. The molecule has 10 rings (SSSR count). The highest BCUT2D eigenvalue weighted by atomic mass is 16.6. The molecular weight excluding hydrogens is 1710 g/mol. The molecule has 2 fully saturated rings. The average Bonchev–Trinajstić information content (AvgIpc) is 0.718. The number of hydrogen-bond acceptors (Lipinski definition) is 23. The summed E-state index contributed by atoms with van der Waals surface area (Å²) < 4.78 is 27.9. The second kappa shape index (κ2) is 49.2. The van der Waals surface area contributed by atoms with Crippen molar-refractivity contribution < 1.29 is 112 Å². The van der Waals surface area contributed by atoms with E-state index in [-0.39, 0.29) is 158 Å². The third kappa shape index (κ3) is 28.0. The van der Waals surface area contributed by atoms with Crippen LogP contribution in [0.3, 0.4) is 0 Å². The number of carbonyl (C=O) groups is 12. The topological polar surface area (TPSA) is 510 Å². The average molecular weight is 1850 g/mol. The van der Waals surface area contributed by atoms with Crippen LogP contribution in [-0.4, -0.2) is 236 Å². The van der Waals surface area contributed by atoms with E-state index in [2.05, 4.69) is 106 Å². The van der Waals surface area contributed by atoms with Crippen molar-refractivity contribution in [2.24, 2.45) is 34.3 Å². The molecule has 14 atom stereocenters. The summed E-state index contributed by atoms with van der Waals surface area (Å²) in [5.74, 6) is 0.232. The molecule has 34 heteroatoms. The Hall–Kier alpha value is -11.1. The van der Waals surface area contributed by atoms with Gasteiger partial charge in [-0.15, -0.1) is 0 Å². The Morgan fingerprint density at radius 2 is 1.10 bits per heavy atom. The summed E-state index contributed by atoms with van der Waals surface area (Å²) in [5, 5.41) is 84.0. The van der Waals surface area contributed by atoms with Gasteiger partial charge in [0.15, 0.2) is 5.78 Å². The number of carbonyl (C=O) groups excluding carboxylic acids is 12. The number of Topliss-reactive ketones (excluding diaryl/α,β-unsaturated/α-hetero) is 1. The van der Waals surface area contributed by atoms with E-state index in [0.717, 1.165) is 72.8 Å². The van der Waals surface area contributed by atoms with Gasteiger partial charge in [0.25, 0.3) is 0 Å². The molecule has 0 aromatic heterocycles. The number of nitrogens with zero attached hydrogens (tertiary/aromatic N) is 1. The van der Waals surface area contributed by atoms with Crippen LogP contribution in [0.15, 0.2) is 109 Å². The molecule has 0 saturated heterocycles. The van der Waals surface area contributed by atoms with Gasteiger partial charge in [-0.3, -0.25) is 53.3 Å². The molecule has 5 aliphatic rings. The molecule has 12 amide bonds. The fourth-order valence-electron chi connectivity index (χ4n) is 19.4. The number of urea groups is 1. The summed E-state index contributed by atoms with van der Waals surface area (Å²) in [4.78, 5) is 166. The van der Waals surface area contributed by atoms with E-state index >= 15 is 0 Å². The van der Waals surface area contributed by atoms with Crippen molar-refractivity contribution in [1.82, 2.24) is 42.5 Å². The van der Waals surface area contributed by atoms with Crippen LogP contribution in [0.25, 0.3) is 0 Å². The predicted octanol–water partition coefficient (Wildman–Crippen LogP) is 4.89. The molecular formula is C99H133N11O23. The first kappa shape index (κ1) is 104. The van der Waals surface area contributed by atoms with Crippen LogP contribution in [0.1, 0.15) is 193 Å². The first-order valence-electron chi connectivity index (χ1n) is 46.2. The number of amides is 12. The number of nitrogens with two attached hydrogens (primary N) is 1. The van der Waals surface area contributed by atoms with Gasteiger partial charge in [-0.05, 0) is 175 Å². The highest BCUT2D eigenvalue weighted by molar-refractivity contribution is 6.02. The van der Waals surface area contributed by atoms with Crippen LogP contribution in [-0.2, 0) is 115 Å². The molecule has 0 bridgehead atoms. The van der Waals surface area contributed by atoms with Gasteiger partial charge in [-0.25, -0.2) is 9.59 Å². The summed E-state index contributed by atoms with van der Waals surface area (Å²) in [7, 11) is 0. The van der Waals surface area contributed by atoms with Gasteiger partial charge < -0.3 is 107 Å². The number of ether oxygens (including phenoxy) is 5. The number of nitrogens with one attached hydrogen (secondary N) is 9.